The largest absolute Gasteiger partial charge is 0.379 e. The average Bonchev–Trinajstić information content (AvgIpc) is 2.63. The molecule has 1 aromatic carbocycles. The van der Waals surface area contributed by atoms with Crippen LogP contribution in [-0.4, -0.2) is 56.9 Å². The molecule has 1 atom stereocenters. The van der Waals surface area contributed by atoms with Crippen LogP contribution in [0.3, 0.4) is 0 Å². The van der Waals surface area contributed by atoms with E-state index < -0.39 is 21.8 Å². The molecule has 0 bridgehead atoms. The number of amides is 2. The lowest BCUT2D eigenvalue weighted by Crippen LogP contribution is -2.41. The van der Waals surface area contributed by atoms with Crippen LogP contribution in [0.4, 0.5) is 5.69 Å². The molecule has 1 aliphatic heterocycles. The minimum absolute atomic E-state index is 0.0126. The second-order valence-electron chi connectivity index (χ2n) is 5.89. The maximum Gasteiger partial charge on any atom is 0.313 e. The first kappa shape index (κ1) is 20.6. The van der Waals surface area contributed by atoms with Crippen LogP contribution in [0.15, 0.2) is 23.1 Å². The van der Waals surface area contributed by atoms with E-state index in [1.165, 1.54) is 22.5 Å². The molecule has 26 heavy (non-hydrogen) atoms. The second kappa shape index (κ2) is 8.81. The van der Waals surface area contributed by atoms with Gasteiger partial charge in [-0.1, -0.05) is 18.5 Å². The third-order valence-electron chi connectivity index (χ3n) is 3.99. The summed E-state index contributed by atoms with van der Waals surface area (Å²) in [6, 6.07) is 3.83. The number of carbonyl (C=O) groups excluding carboxylic acids is 2. The third kappa shape index (κ3) is 4.94. The summed E-state index contributed by atoms with van der Waals surface area (Å²) in [5, 5.41) is 5.03. The van der Waals surface area contributed by atoms with Gasteiger partial charge in [0.1, 0.15) is 0 Å². The first-order valence-corrected chi connectivity index (χ1v) is 10.1. The summed E-state index contributed by atoms with van der Waals surface area (Å²) in [5.74, 6) is -1.72. The van der Waals surface area contributed by atoms with Crippen molar-refractivity contribution in [3.05, 3.63) is 23.2 Å². The first-order valence-electron chi connectivity index (χ1n) is 8.25. The van der Waals surface area contributed by atoms with E-state index in [2.05, 4.69) is 10.6 Å². The molecular formula is C16H22ClN3O5S. The molecule has 8 nitrogen and oxygen atoms in total. The van der Waals surface area contributed by atoms with Crippen LogP contribution in [0.1, 0.15) is 20.3 Å². The highest BCUT2D eigenvalue weighted by atomic mass is 35.5. The Morgan fingerprint density at radius 2 is 1.92 bits per heavy atom. The number of nitrogens with zero attached hydrogens (tertiary/aromatic N) is 1. The topological polar surface area (TPSA) is 105 Å². The van der Waals surface area contributed by atoms with Crippen LogP contribution in [0, 0.1) is 0 Å². The van der Waals surface area contributed by atoms with Gasteiger partial charge in [0.15, 0.2) is 0 Å². The van der Waals surface area contributed by atoms with Gasteiger partial charge in [-0.15, -0.1) is 0 Å². The number of morpholine rings is 1. The van der Waals surface area contributed by atoms with Gasteiger partial charge in [0.25, 0.3) is 0 Å². The highest BCUT2D eigenvalue weighted by Gasteiger charge is 2.27. The van der Waals surface area contributed by atoms with Crippen LogP contribution >= 0.6 is 11.6 Å². The van der Waals surface area contributed by atoms with Gasteiger partial charge in [0.2, 0.25) is 10.0 Å². The summed E-state index contributed by atoms with van der Waals surface area (Å²) in [6.45, 7) is 4.81. The quantitative estimate of drug-likeness (QED) is 0.719. The van der Waals surface area contributed by atoms with E-state index in [1.54, 1.807) is 6.92 Å². The van der Waals surface area contributed by atoms with Crippen LogP contribution in [0.2, 0.25) is 5.02 Å². The molecule has 144 valence electrons. The van der Waals surface area contributed by atoms with Crippen molar-refractivity contribution >= 4 is 39.1 Å². The monoisotopic (exact) mass is 403 g/mol. The Balaban J connectivity index is 2.19. The fourth-order valence-electron chi connectivity index (χ4n) is 2.27. The Bertz CT molecular complexity index is 778. The summed E-state index contributed by atoms with van der Waals surface area (Å²) in [4.78, 5) is 23.9. The number of anilines is 1. The molecule has 1 saturated heterocycles. The van der Waals surface area contributed by atoms with E-state index in [4.69, 9.17) is 16.3 Å². The SMILES string of the molecule is CCC(C)NC(=O)C(=O)Nc1cc(S(=O)(=O)N2CCOCC2)ccc1Cl. The molecule has 2 amide bonds. The highest BCUT2D eigenvalue weighted by molar-refractivity contribution is 7.89. The molecule has 2 N–H and O–H groups in total. The van der Waals surface area contributed by atoms with Crippen molar-refractivity contribution in [1.29, 1.82) is 0 Å². The number of rotatable bonds is 5. The van der Waals surface area contributed by atoms with Gasteiger partial charge in [-0.2, -0.15) is 4.31 Å². The van der Waals surface area contributed by atoms with Gasteiger partial charge < -0.3 is 15.4 Å². The van der Waals surface area contributed by atoms with E-state index in [-0.39, 0.29) is 34.7 Å². The van der Waals surface area contributed by atoms with Gasteiger partial charge in [0, 0.05) is 19.1 Å². The van der Waals surface area contributed by atoms with Crippen molar-refractivity contribution in [2.45, 2.75) is 31.2 Å². The van der Waals surface area contributed by atoms with E-state index in [9.17, 15) is 18.0 Å². The second-order valence-corrected chi connectivity index (χ2v) is 8.24. The van der Waals surface area contributed by atoms with E-state index in [0.717, 1.165) is 0 Å². The predicted octanol–water partition coefficient (Wildman–Crippen LogP) is 1.21. The molecule has 1 aromatic rings. The Hall–Kier alpha value is -1.68. The standard InChI is InChI=1S/C16H22ClN3O5S/c1-3-11(2)18-15(21)16(22)19-14-10-12(4-5-13(14)17)26(23,24)20-6-8-25-9-7-20/h4-5,10-11H,3,6-9H2,1-2H3,(H,18,21)(H,19,22). The number of nitrogens with one attached hydrogen (secondary N) is 2. The number of hydrogen-bond donors (Lipinski definition) is 2. The lowest BCUT2D eigenvalue weighted by atomic mass is 10.2. The molecular weight excluding hydrogens is 382 g/mol. The summed E-state index contributed by atoms with van der Waals surface area (Å²) in [6.07, 6.45) is 0.674. The molecule has 1 heterocycles. The summed E-state index contributed by atoms with van der Waals surface area (Å²) in [5.41, 5.74) is 0.0605. The Labute approximate surface area is 157 Å². The fourth-order valence-corrected chi connectivity index (χ4v) is 3.87. The van der Waals surface area contributed by atoms with Gasteiger partial charge in [-0.25, -0.2) is 8.42 Å². The van der Waals surface area contributed by atoms with Crippen LogP contribution < -0.4 is 10.6 Å². The zero-order chi connectivity index (χ0) is 19.3. The number of ether oxygens (including phenoxy) is 1. The minimum Gasteiger partial charge on any atom is -0.379 e. The maximum atomic E-state index is 12.7. The normalized spacial score (nSPS) is 16.7. The molecule has 1 unspecified atom stereocenters. The van der Waals surface area contributed by atoms with Gasteiger partial charge >= 0.3 is 11.8 Å². The van der Waals surface area contributed by atoms with Crippen LogP contribution in [-0.2, 0) is 24.3 Å². The number of benzene rings is 1. The van der Waals surface area contributed by atoms with Crippen molar-refractivity contribution in [3.8, 4) is 0 Å². The van der Waals surface area contributed by atoms with Crippen LogP contribution in [0.5, 0.6) is 0 Å². The van der Waals surface area contributed by atoms with Crippen molar-refractivity contribution in [3.63, 3.8) is 0 Å². The molecule has 10 heteroatoms. The Morgan fingerprint density at radius 3 is 2.54 bits per heavy atom. The van der Waals surface area contributed by atoms with Gasteiger partial charge in [-0.05, 0) is 31.5 Å². The van der Waals surface area contributed by atoms with Crippen molar-refractivity contribution in [2.75, 3.05) is 31.6 Å². The number of halogens is 1. The summed E-state index contributed by atoms with van der Waals surface area (Å²) < 4.78 is 31.9. The molecule has 0 aliphatic carbocycles. The maximum absolute atomic E-state index is 12.7. The molecule has 0 radical (unpaired) electrons. The van der Waals surface area contributed by atoms with E-state index in [0.29, 0.717) is 19.6 Å². The predicted molar refractivity (Wildman–Crippen MR) is 97.6 cm³/mol. The van der Waals surface area contributed by atoms with E-state index in [1.807, 2.05) is 6.92 Å². The molecule has 0 aromatic heterocycles. The number of sulfonamides is 1. The third-order valence-corrected chi connectivity index (χ3v) is 6.21. The summed E-state index contributed by atoms with van der Waals surface area (Å²) >= 11 is 6.04. The molecule has 0 saturated carbocycles. The Kier molecular flexibility index (Phi) is 6.99. The average molecular weight is 404 g/mol. The number of carbonyl (C=O) groups is 2. The van der Waals surface area contributed by atoms with Gasteiger partial charge in [-0.3, -0.25) is 9.59 Å². The van der Waals surface area contributed by atoms with E-state index >= 15 is 0 Å². The highest BCUT2D eigenvalue weighted by Crippen LogP contribution is 2.27. The first-order chi connectivity index (χ1) is 12.3. The molecule has 2 rings (SSSR count). The van der Waals surface area contributed by atoms with Crippen molar-refractivity contribution in [2.24, 2.45) is 0 Å². The molecule has 1 fully saturated rings. The van der Waals surface area contributed by atoms with Gasteiger partial charge in [0.05, 0.1) is 28.8 Å². The Morgan fingerprint density at radius 1 is 1.27 bits per heavy atom. The smallest absolute Gasteiger partial charge is 0.313 e. The van der Waals surface area contributed by atoms with Crippen LogP contribution in [0.25, 0.3) is 0 Å². The number of hydrogen-bond acceptors (Lipinski definition) is 5. The summed E-state index contributed by atoms with van der Waals surface area (Å²) in [7, 11) is -3.74. The minimum atomic E-state index is -3.74. The molecule has 0 spiro atoms. The van der Waals surface area contributed by atoms with Crippen molar-refractivity contribution < 1.29 is 22.7 Å². The zero-order valence-electron chi connectivity index (χ0n) is 14.6. The molecule has 1 aliphatic rings. The lowest BCUT2D eigenvalue weighted by molar-refractivity contribution is -0.136. The fraction of sp³-hybridized carbons (Fsp3) is 0.500. The zero-order valence-corrected chi connectivity index (χ0v) is 16.2. The van der Waals surface area contributed by atoms with Crippen molar-refractivity contribution in [1.82, 2.24) is 9.62 Å². The lowest BCUT2D eigenvalue weighted by Gasteiger charge is -2.26.